The molecule has 1 saturated heterocycles. The Hall–Kier alpha value is -1.11. The molecule has 1 fully saturated rings. The number of aliphatic carboxylic acids is 1. The van der Waals surface area contributed by atoms with Crippen LogP contribution in [-0.4, -0.2) is 42.4 Å². The molecular formula is C8H13NO5S. The molecule has 1 aliphatic rings. The molecular weight excluding hydrogens is 222 g/mol. The van der Waals surface area contributed by atoms with Crippen LogP contribution in [0.15, 0.2) is 0 Å². The normalized spacial score (nSPS) is 28.6. The standard InChI is InChI=1S/C8H13NO5S/c1-6(10)9-5-8(7(11)12)3-2-4-15(8,13)14/h2-5H2,1H3,(H,9,10)(H,11,12). The Labute approximate surface area is 87.6 Å². The Morgan fingerprint density at radius 3 is 2.40 bits per heavy atom. The Kier molecular flexibility index (Phi) is 3.03. The summed E-state index contributed by atoms with van der Waals surface area (Å²) in [5, 5.41) is 11.2. The van der Waals surface area contributed by atoms with E-state index in [1.807, 2.05) is 0 Å². The second-order valence-electron chi connectivity index (χ2n) is 3.63. The molecule has 0 spiro atoms. The quantitative estimate of drug-likeness (QED) is 0.664. The maximum absolute atomic E-state index is 11.6. The van der Waals surface area contributed by atoms with Gasteiger partial charge in [-0.25, -0.2) is 8.42 Å². The number of hydrogen-bond donors (Lipinski definition) is 2. The van der Waals surface area contributed by atoms with Crippen LogP contribution in [-0.2, 0) is 19.4 Å². The molecule has 0 radical (unpaired) electrons. The van der Waals surface area contributed by atoms with Gasteiger partial charge in [0, 0.05) is 13.5 Å². The highest BCUT2D eigenvalue weighted by Gasteiger charge is 2.54. The highest BCUT2D eigenvalue weighted by molar-refractivity contribution is 7.93. The van der Waals surface area contributed by atoms with E-state index in [2.05, 4.69) is 5.32 Å². The zero-order chi connectivity index (χ0) is 11.7. The van der Waals surface area contributed by atoms with Crippen LogP contribution in [0.25, 0.3) is 0 Å². The molecule has 86 valence electrons. The van der Waals surface area contributed by atoms with E-state index in [1.165, 1.54) is 6.92 Å². The number of sulfone groups is 1. The van der Waals surface area contributed by atoms with Gasteiger partial charge in [0.05, 0.1) is 5.75 Å². The van der Waals surface area contributed by atoms with Crippen molar-refractivity contribution in [3.63, 3.8) is 0 Å². The Morgan fingerprint density at radius 2 is 2.07 bits per heavy atom. The monoisotopic (exact) mass is 235 g/mol. The zero-order valence-electron chi connectivity index (χ0n) is 8.32. The van der Waals surface area contributed by atoms with Crippen LogP contribution in [0.3, 0.4) is 0 Å². The van der Waals surface area contributed by atoms with Crippen molar-refractivity contribution in [1.29, 1.82) is 0 Å². The van der Waals surface area contributed by atoms with Crippen molar-refractivity contribution < 1.29 is 23.1 Å². The first-order valence-electron chi connectivity index (χ1n) is 4.52. The zero-order valence-corrected chi connectivity index (χ0v) is 9.13. The minimum atomic E-state index is -3.66. The average Bonchev–Trinajstić information content (AvgIpc) is 2.38. The summed E-state index contributed by atoms with van der Waals surface area (Å²) in [6.45, 7) is 0.872. The molecule has 0 aromatic rings. The van der Waals surface area contributed by atoms with E-state index in [4.69, 9.17) is 5.11 Å². The van der Waals surface area contributed by atoms with Crippen LogP contribution in [0.4, 0.5) is 0 Å². The van der Waals surface area contributed by atoms with Crippen molar-refractivity contribution in [3.8, 4) is 0 Å². The van der Waals surface area contributed by atoms with E-state index in [0.29, 0.717) is 6.42 Å². The molecule has 1 rings (SSSR count). The van der Waals surface area contributed by atoms with Gasteiger partial charge in [0.15, 0.2) is 14.6 Å². The van der Waals surface area contributed by atoms with Crippen molar-refractivity contribution in [2.75, 3.05) is 12.3 Å². The molecule has 0 aromatic carbocycles. The van der Waals surface area contributed by atoms with Gasteiger partial charge in [-0.2, -0.15) is 0 Å². The van der Waals surface area contributed by atoms with Gasteiger partial charge in [-0.1, -0.05) is 0 Å². The predicted octanol–water partition coefficient (Wildman–Crippen LogP) is -0.845. The number of nitrogens with one attached hydrogen (secondary N) is 1. The Balaban J connectivity index is 2.99. The summed E-state index contributed by atoms with van der Waals surface area (Å²) >= 11 is 0. The molecule has 2 N–H and O–H groups in total. The van der Waals surface area contributed by atoms with Crippen molar-refractivity contribution >= 4 is 21.7 Å². The molecule has 1 heterocycles. The molecule has 0 saturated carbocycles. The number of hydrogen-bond acceptors (Lipinski definition) is 4. The molecule has 0 aliphatic carbocycles. The summed E-state index contributed by atoms with van der Waals surface area (Å²) in [7, 11) is -3.66. The van der Waals surface area contributed by atoms with Crippen molar-refractivity contribution in [2.24, 2.45) is 0 Å². The molecule has 1 atom stereocenters. The summed E-state index contributed by atoms with van der Waals surface area (Å²) in [6, 6.07) is 0. The van der Waals surface area contributed by atoms with Crippen LogP contribution in [0.5, 0.6) is 0 Å². The number of carbonyl (C=O) groups excluding carboxylic acids is 1. The topological polar surface area (TPSA) is 101 Å². The SMILES string of the molecule is CC(=O)NCC1(C(=O)O)CCCS1(=O)=O. The number of amides is 1. The maximum atomic E-state index is 11.6. The summed E-state index contributed by atoms with van der Waals surface area (Å²) < 4.78 is 21.4. The largest absolute Gasteiger partial charge is 0.480 e. The third kappa shape index (κ3) is 1.97. The molecule has 1 aliphatic heterocycles. The fourth-order valence-electron chi connectivity index (χ4n) is 1.68. The van der Waals surface area contributed by atoms with Gasteiger partial charge in [-0.3, -0.25) is 9.59 Å². The van der Waals surface area contributed by atoms with Gasteiger partial charge in [-0.05, 0) is 12.8 Å². The van der Waals surface area contributed by atoms with E-state index >= 15 is 0 Å². The van der Waals surface area contributed by atoms with E-state index in [0.717, 1.165) is 0 Å². The Bertz CT molecular complexity index is 388. The second-order valence-corrected chi connectivity index (χ2v) is 6.05. The van der Waals surface area contributed by atoms with Gasteiger partial charge < -0.3 is 10.4 Å². The first-order chi connectivity index (χ1) is 6.82. The third-order valence-electron chi connectivity index (χ3n) is 2.60. The predicted molar refractivity (Wildman–Crippen MR) is 52.1 cm³/mol. The fourth-order valence-corrected chi connectivity index (χ4v) is 3.61. The number of carboxylic acids is 1. The van der Waals surface area contributed by atoms with Gasteiger partial charge in [0.25, 0.3) is 0 Å². The lowest BCUT2D eigenvalue weighted by Crippen LogP contribution is -2.51. The van der Waals surface area contributed by atoms with Crippen LogP contribution < -0.4 is 5.32 Å². The minimum Gasteiger partial charge on any atom is -0.480 e. The lowest BCUT2D eigenvalue weighted by Gasteiger charge is -2.22. The summed E-state index contributed by atoms with van der Waals surface area (Å²) in [6.07, 6.45) is 0.388. The highest BCUT2D eigenvalue weighted by Crippen LogP contribution is 2.32. The number of rotatable bonds is 3. The summed E-state index contributed by atoms with van der Waals surface area (Å²) in [4.78, 5) is 21.7. The van der Waals surface area contributed by atoms with Gasteiger partial charge in [0.2, 0.25) is 5.91 Å². The summed E-state index contributed by atoms with van der Waals surface area (Å²) in [5.41, 5.74) is 0. The van der Waals surface area contributed by atoms with Crippen LogP contribution in [0, 0.1) is 0 Å². The molecule has 0 bridgehead atoms. The molecule has 7 heteroatoms. The van der Waals surface area contributed by atoms with Crippen molar-refractivity contribution in [1.82, 2.24) is 5.32 Å². The van der Waals surface area contributed by atoms with Crippen molar-refractivity contribution in [3.05, 3.63) is 0 Å². The average molecular weight is 235 g/mol. The van der Waals surface area contributed by atoms with E-state index < -0.39 is 26.5 Å². The summed E-state index contributed by atoms with van der Waals surface area (Å²) in [5.74, 6) is -1.94. The van der Waals surface area contributed by atoms with E-state index in [9.17, 15) is 18.0 Å². The van der Waals surface area contributed by atoms with Gasteiger partial charge in [0.1, 0.15) is 0 Å². The molecule has 1 unspecified atom stereocenters. The number of carboxylic acid groups (broad SMARTS) is 1. The lowest BCUT2D eigenvalue weighted by molar-refractivity contribution is -0.140. The van der Waals surface area contributed by atoms with Crippen LogP contribution >= 0.6 is 0 Å². The van der Waals surface area contributed by atoms with E-state index in [1.54, 1.807) is 0 Å². The molecule has 6 nitrogen and oxygen atoms in total. The first-order valence-corrected chi connectivity index (χ1v) is 6.17. The number of carbonyl (C=O) groups is 2. The third-order valence-corrected chi connectivity index (χ3v) is 5.14. The van der Waals surface area contributed by atoms with E-state index in [-0.39, 0.29) is 18.7 Å². The van der Waals surface area contributed by atoms with Crippen LogP contribution in [0.2, 0.25) is 0 Å². The maximum Gasteiger partial charge on any atom is 0.326 e. The molecule has 15 heavy (non-hydrogen) atoms. The van der Waals surface area contributed by atoms with Crippen molar-refractivity contribution in [2.45, 2.75) is 24.5 Å². The Morgan fingerprint density at radius 1 is 1.47 bits per heavy atom. The highest BCUT2D eigenvalue weighted by atomic mass is 32.2. The van der Waals surface area contributed by atoms with Gasteiger partial charge in [-0.15, -0.1) is 0 Å². The van der Waals surface area contributed by atoms with Gasteiger partial charge >= 0.3 is 5.97 Å². The fraction of sp³-hybridized carbons (Fsp3) is 0.750. The molecule has 0 aromatic heterocycles. The smallest absolute Gasteiger partial charge is 0.326 e. The second kappa shape index (κ2) is 3.80. The lowest BCUT2D eigenvalue weighted by atomic mass is 10.0. The first kappa shape index (κ1) is 12.0. The minimum absolute atomic E-state index is 0.0605. The van der Waals surface area contributed by atoms with Crippen LogP contribution in [0.1, 0.15) is 19.8 Å². The molecule has 1 amide bonds.